The molecule has 1 N–H and O–H groups in total. The highest BCUT2D eigenvalue weighted by molar-refractivity contribution is 5.85. The van der Waals surface area contributed by atoms with Gasteiger partial charge in [0.25, 0.3) is 5.91 Å². The van der Waals surface area contributed by atoms with Crippen LogP contribution in [0.4, 0.5) is 13.2 Å². The number of likely N-dealkylation sites (tertiary alicyclic amines) is 1. The van der Waals surface area contributed by atoms with Crippen LogP contribution in [0, 0.1) is 0 Å². The molecule has 0 saturated carbocycles. The highest BCUT2D eigenvalue weighted by Crippen LogP contribution is 2.28. The second kappa shape index (κ2) is 7.41. The van der Waals surface area contributed by atoms with Gasteiger partial charge < -0.3 is 19.5 Å². The second-order valence-electron chi connectivity index (χ2n) is 5.22. The molecule has 1 fully saturated rings. The van der Waals surface area contributed by atoms with Crippen LogP contribution in [0.25, 0.3) is 0 Å². The first-order valence-electron chi connectivity index (χ1n) is 7.21. The summed E-state index contributed by atoms with van der Waals surface area (Å²) in [6.45, 7) is -1.64. The molecule has 1 atom stereocenters. The summed E-state index contributed by atoms with van der Waals surface area (Å²) in [5.74, 6) is -1.78. The normalized spacial score (nSPS) is 17.6. The van der Waals surface area contributed by atoms with E-state index in [4.69, 9.17) is 9.84 Å². The number of amides is 1. The van der Waals surface area contributed by atoms with E-state index in [1.807, 2.05) is 0 Å². The van der Waals surface area contributed by atoms with Crippen LogP contribution in [0.2, 0.25) is 0 Å². The van der Waals surface area contributed by atoms with E-state index in [9.17, 15) is 22.8 Å². The van der Waals surface area contributed by atoms with E-state index in [2.05, 4.69) is 4.74 Å². The summed E-state index contributed by atoms with van der Waals surface area (Å²) in [7, 11) is 0. The molecule has 1 unspecified atom stereocenters. The number of hydrogen-bond acceptors (Lipinski definition) is 4. The average Bonchev–Trinajstić information content (AvgIpc) is 3.00. The lowest BCUT2D eigenvalue weighted by atomic mass is 10.2. The highest BCUT2D eigenvalue weighted by Gasteiger charge is 2.34. The second-order valence-corrected chi connectivity index (χ2v) is 5.22. The number of halogens is 3. The van der Waals surface area contributed by atoms with Crippen molar-refractivity contribution >= 4 is 11.9 Å². The molecule has 1 aromatic carbocycles. The van der Waals surface area contributed by atoms with Crippen molar-refractivity contribution in [3.8, 4) is 11.5 Å². The van der Waals surface area contributed by atoms with E-state index < -0.39 is 37.3 Å². The molecule has 1 amide bonds. The summed E-state index contributed by atoms with van der Waals surface area (Å²) in [6.07, 6.45) is -3.55. The van der Waals surface area contributed by atoms with Gasteiger partial charge in [0.1, 0.15) is 6.04 Å². The molecule has 1 heterocycles. The Balaban J connectivity index is 1.96. The van der Waals surface area contributed by atoms with Gasteiger partial charge in [-0.05, 0) is 25.0 Å². The molecule has 0 aromatic heterocycles. The SMILES string of the molecule is O=C(O)C1CCCN1C(=O)COc1ccccc1OCC(F)(F)F. The predicted octanol–water partition coefficient (Wildman–Crippen LogP) is 2.08. The van der Waals surface area contributed by atoms with E-state index >= 15 is 0 Å². The van der Waals surface area contributed by atoms with Gasteiger partial charge in [-0.25, -0.2) is 4.79 Å². The fraction of sp³-hybridized carbons (Fsp3) is 0.467. The Kier molecular flexibility index (Phi) is 5.53. The Morgan fingerprint density at radius 3 is 2.42 bits per heavy atom. The minimum absolute atomic E-state index is 0.0128. The summed E-state index contributed by atoms with van der Waals surface area (Å²) >= 11 is 0. The molecule has 0 aliphatic carbocycles. The summed E-state index contributed by atoms with van der Waals surface area (Å²) in [4.78, 5) is 24.3. The van der Waals surface area contributed by atoms with Crippen molar-refractivity contribution in [2.75, 3.05) is 19.8 Å². The number of ether oxygens (including phenoxy) is 2. The lowest BCUT2D eigenvalue weighted by Gasteiger charge is -2.21. The molecule has 1 aromatic rings. The van der Waals surface area contributed by atoms with Crippen LogP contribution >= 0.6 is 0 Å². The Morgan fingerprint density at radius 2 is 1.83 bits per heavy atom. The number of aliphatic carboxylic acids is 1. The van der Waals surface area contributed by atoms with E-state index in [0.29, 0.717) is 19.4 Å². The Bertz CT molecular complexity index is 605. The topological polar surface area (TPSA) is 76.1 Å². The van der Waals surface area contributed by atoms with Crippen molar-refractivity contribution in [3.05, 3.63) is 24.3 Å². The van der Waals surface area contributed by atoms with Crippen LogP contribution in [-0.4, -0.2) is 53.9 Å². The maximum Gasteiger partial charge on any atom is 0.422 e. The molecular weight excluding hydrogens is 331 g/mol. The number of alkyl halides is 3. The van der Waals surface area contributed by atoms with Gasteiger partial charge in [0, 0.05) is 6.54 Å². The first-order valence-corrected chi connectivity index (χ1v) is 7.21. The number of rotatable bonds is 6. The fourth-order valence-corrected chi connectivity index (χ4v) is 2.39. The van der Waals surface area contributed by atoms with E-state index in [0.717, 1.165) is 0 Å². The Labute approximate surface area is 135 Å². The molecule has 0 radical (unpaired) electrons. The van der Waals surface area contributed by atoms with Crippen molar-refractivity contribution in [2.24, 2.45) is 0 Å². The number of carboxylic acid groups (broad SMARTS) is 1. The molecule has 1 aliphatic heterocycles. The van der Waals surface area contributed by atoms with Gasteiger partial charge >= 0.3 is 12.1 Å². The summed E-state index contributed by atoms with van der Waals surface area (Å²) in [6, 6.07) is 4.77. The van der Waals surface area contributed by atoms with Crippen LogP contribution in [0.1, 0.15) is 12.8 Å². The highest BCUT2D eigenvalue weighted by atomic mass is 19.4. The molecule has 24 heavy (non-hydrogen) atoms. The standard InChI is InChI=1S/C15H16F3NO5/c16-15(17,18)9-24-12-6-2-1-5-11(12)23-8-13(20)19-7-3-4-10(19)14(21)22/h1-2,5-6,10H,3-4,7-9H2,(H,21,22). The smallest absolute Gasteiger partial charge is 0.422 e. The number of hydrogen-bond donors (Lipinski definition) is 1. The number of carbonyl (C=O) groups excluding carboxylic acids is 1. The molecule has 1 aliphatic rings. The first-order chi connectivity index (χ1) is 11.3. The minimum atomic E-state index is -4.49. The lowest BCUT2D eigenvalue weighted by molar-refractivity contribution is -0.153. The molecule has 132 valence electrons. The van der Waals surface area contributed by atoms with Gasteiger partial charge in [-0.1, -0.05) is 12.1 Å². The summed E-state index contributed by atoms with van der Waals surface area (Å²) in [5.41, 5.74) is 0. The van der Waals surface area contributed by atoms with Crippen LogP contribution in [0.3, 0.4) is 0 Å². The molecule has 0 bridgehead atoms. The molecule has 2 rings (SSSR count). The molecule has 1 saturated heterocycles. The van der Waals surface area contributed by atoms with Crippen molar-refractivity contribution in [3.63, 3.8) is 0 Å². The maximum atomic E-state index is 12.2. The zero-order valence-electron chi connectivity index (χ0n) is 12.6. The van der Waals surface area contributed by atoms with Crippen LogP contribution < -0.4 is 9.47 Å². The van der Waals surface area contributed by atoms with Gasteiger partial charge in [-0.3, -0.25) is 4.79 Å². The molecule has 0 spiro atoms. The van der Waals surface area contributed by atoms with Crippen molar-refractivity contribution in [2.45, 2.75) is 25.1 Å². The zero-order chi connectivity index (χ0) is 17.7. The predicted molar refractivity (Wildman–Crippen MR) is 75.9 cm³/mol. The third-order valence-corrected chi connectivity index (χ3v) is 3.45. The lowest BCUT2D eigenvalue weighted by Crippen LogP contribution is -2.42. The van der Waals surface area contributed by atoms with Crippen molar-refractivity contribution < 1.29 is 37.3 Å². The average molecular weight is 347 g/mol. The van der Waals surface area contributed by atoms with Crippen LogP contribution in [0.15, 0.2) is 24.3 Å². The molecule has 9 heteroatoms. The van der Waals surface area contributed by atoms with E-state index in [1.165, 1.54) is 29.2 Å². The third kappa shape index (κ3) is 4.77. The maximum absolute atomic E-state index is 12.2. The van der Waals surface area contributed by atoms with Gasteiger partial charge in [0.15, 0.2) is 24.7 Å². The zero-order valence-corrected chi connectivity index (χ0v) is 12.6. The molecular formula is C15H16F3NO5. The summed E-state index contributed by atoms with van der Waals surface area (Å²) < 4.78 is 46.6. The molecule has 6 nitrogen and oxygen atoms in total. The Hall–Kier alpha value is -2.45. The van der Waals surface area contributed by atoms with Crippen molar-refractivity contribution in [1.29, 1.82) is 0 Å². The Morgan fingerprint density at radius 1 is 1.21 bits per heavy atom. The third-order valence-electron chi connectivity index (χ3n) is 3.45. The first kappa shape index (κ1) is 17.9. The van der Waals surface area contributed by atoms with Gasteiger partial charge in [-0.15, -0.1) is 0 Å². The van der Waals surface area contributed by atoms with Crippen LogP contribution in [-0.2, 0) is 9.59 Å². The van der Waals surface area contributed by atoms with Crippen LogP contribution in [0.5, 0.6) is 11.5 Å². The van der Waals surface area contributed by atoms with Gasteiger partial charge in [-0.2, -0.15) is 13.2 Å². The minimum Gasteiger partial charge on any atom is -0.480 e. The monoisotopic (exact) mass is 347 g/mol. The summed E-state index contributed by atoms with van der Waals surface area (Å²) in [5, 5.41) is 9.05. The number of carbonyl (C=O) groups is 2. The van der Waals surface area contributed by atoms with Gasteiger partial charge in [0.2, 0.25) is 0 Å². The number of carboxylic acids is 1. The van der Waals surface area contributed by atoms with E-state index in [-0.39, 0.29) is 11.5 Å². The quantitative estimate of drug-likeness (QED) is 0.853. The van der Waals surface area contributed by atoms with Crippen molar-refractivity contribution in [1.82, 2.24) is 4.90 Å². The largest absolute Gasteiger partial charge is 0.480 e. The number of nitrogens with zero attached hydrogens (tertiary/aromatic N) is 1. The fourth-order valence-electron chi connectivity index (χ4n) is 2.39. The van der Waals surface area contributed by atoms with E-state index in [1.54, 1.807) is 0 Å². The number of para-hydroxylation sites is 2. The van der Waals surface area contributed by atoms with Gasteiger partial charge in [0.05, 0.1) is 0 Å². The number of benzene rings is 1.